The lowest BCUT2D eigenvalue weighted by Gasteiger charge is -2.33. The molecule has 1 saturated heterocycles. The Morgan fingerprint density at radius 3 is 2.37 bits per heavy atom. The minimum Gasteiger partial charge on any atom is -0.207 e. The molecule has 106 valence electrons. The fourth-order valence-corrected chi connectivity index (χ4v) is 5.05. The third kappa shape index (κ3) is 3.45. The Morgan fingerprint density at radius 1 is 1.26 bits per heavy atom. The first-order chi connectivity index (χ1) is 8.80. The first-order valence-corrected chi connectivity index (χ1v) is 9.02. The van der Waals surface area contributed by atoms with E-state index < -0.39 is 10.0 Å². The zero-order chi connectivity index (χ0) is 14.2. The summed E-state index contributed by atoms with van der Waals surface area (Å²) in [5.74, 6) is 0.467. The Balaban J connectivity index is 2.32. The molecule has 0 N–H and O–H groups in total. The van der Waals surface area contributed by atoms with E-state index in [2.05, 4.69) is 22.9 Å². The fraction of sp³-hybridized carbons (Fsp3) is 0.500. The standard InChI is InChI=1S/C12H14BrCl2NO2S/c1-8-2-3-16(7-12(8)13)19(17,18)11-5-9(14)4-10(15)6-11/h4-6,8,12H,2-3,7H2,1H3. The minimum absolute atomic E-state index is 0.152. The first kappa shape index (κ1) is 15.6. The molecule has 0 saturated carbocycles. The molecule has 1 aromatic rings. The second-order valence-electron chi connectivity index (χ2n) is 4.75. The number of rotatable bonds is 2. The molecule has 1 aliphatic rings. The maximum absolute atomic E-state index is 12.5. The molecule has 7 heteroatoms. The zero-order valence-corrected chi connectivity index (χ0v) is 14.2. The molecule has 2 atom stereocenters. The van der Waals surface area contributed by atoms with Crippen LogP contribution in [0.5, 0.6) is 0 Å². The van der Waals surface area contributed by atoms with Crippen molar-refractivity contribution in [2.24, 2.45) is 5.92 Å². The zero-order valence-electron chi connectivity index (χ0n) is 10.3. The van der Waals surface area contributed by atoms with Gasteiger partial charge in [-0.1, -0.05) is 46.1 Å². The Morgan fingerprint density at radius 2 is 1.84 bits per heavy atom. The number of alkyl halides is 1. The molecule has 0 aromatic heterocycles. The van der Waals surface area contributed by atoms with Crippen molar-refractivity contribution in [3.63, 3.8) is 0 Å². The number of benzene rings is 1. The van der Waals surface area contributed by atoms with Crippen molar-refractivity contribution in [1.82, 2.24) is 4.31 Å². The molecule has 2 rings (SSSR count). The van der Waals surface area contributed by atoms with Crippen LogP contribution in [-0.2, 0) is 10.0 Å². The Labute approximate surface area is 132 Å². The van der Waals surface area contributed by atoms with Crippen LogP contribution >= 0.6 is 39.1 Å². The topological polar surface area (TPSA) is 37.4 Å². The molecule has 0 amide bonds. The number of hydrogen-bond acceptors (Lipinski definition) is 2. The van der Waals surface area contributed by atoms with Gasteiger partial charge in [0.25, 0.3) is 0 Å². The quantitative estimate of drug-likeness (QED) is 0.725. The van der Waals surface area contributed by atoms with Crippen LogP contribution in [0.3, 0.4) is 0 Å². The summed E-state index contributed by atoms with van der Waals surface area (Å²) < 4.78 is 26.5. The first-order valence-electron chi connectivity index (χ1n) is 5.91. The van der Waals surface area contributed by atoms with Crippen LogP contribution in [0.25, 0.3) is 0 Å². The van der Waals surface area contributed by atoms with Crippen LogP contribution in [0.2, 0.25) is 10.0 Å². The molecule has 0 radical (unpaired) electrons. The van der Waals surface area contributed by atoms with Crippen LogP contribution < -0.4 is 0 Å². The smallest absolute Gasteiger partial charge is 0.207 e. The average molecular weight is 387 g/mol. The fourth-order valence-electron chi connectivity index (χ4n) is 2.04. The van der Waals surface area contributed by atoms with Gasteiger partial charge in [0.05, 0.1) is 4.90 Å². The Bertz CT molecular complexity index is 559. The van der Waals surface area contributed by atoms with Crippen molar-refractivity contribution in [3.8, 4) is 0 Å². The lowest BCUT2D eigenvalue weighted by Crippen LogP contribution is -2.43. The molecule has 0 bridgehead atoms. The molecule has 0 spiro atoms. The lowest BCUT2D eigenvalue weighted by atomic mass is 10.0. The summed E-state index contributed by atoms with van der Waals surface area (Å²) in [6, 6.07) is 4.39. The van der Waals surface area contributed by atoms with Crippen molar-refractivity contribution in [3.05, 3.63) is 28.2 Å². The second kappa shape index (κ2) is 5.90. The molecule has 1 heterocycles. The maximum atomic E-state index is 12.5. The van der Waals surface area contributed by atoms with Gasteiger partial charge in [-0.2, -0.15) is 4.31 Å². The monoisotopic (exact) mass is 385 g/mol. The Kier molecular flexibility index (Phi) is 4.83. The van der Waals surface area contributed by atoms with E-state index >= 15 is 0 Å². The summed E-state index contributed by atoms with van der Waals surface area (Å²) in [7, 11) is -3.53. The van der Waals surface area contributed by atoms with Crippen LogP contribution in [0.15, 0.2) is 23.1 Å². The van der Waals surface area contributed by atoms with E-state index in [0.29, 0.717) is 29.1 Å². The summed E-state index contributed by atoms with van der Waals surface area (Å²) in [5, 5.41) is 0.652. The number of nitrogens with zero attached hydrogens (tertiary/aromatic N) is 1. The van der Waals surface area contributed by atoms with Crippen molar-refractivity contribution in [2.45, 2.75) is 23.1 Å². The summed E-state index contributed by atoms with van der Waals surface area (Å²) in [6.45, 7) is 3.10. The largest absolute Gasteiger partial charge is 0.243 e. The predicted octanol–water partition coefficient (Wildman–Crippen LogP) is 3.79. The predicted molar refractivity (Wildman–Crippen MR) is 81.7 cm³/mol. The summed E-state index contributed by atoms with van der Waals surface area (Å²) >= 11 is 15.3. The van der Waals surface area contributed by atoms with Gasteiger partial charge in [0.15, 0.2) is 0 Å². The van der Waals surface area contributed by atoms with Crippen LogP contribution in [0.4, 0.5) is 0 Å². The minimum atomic E-state index is -3.53. The van der Waals surface area contributed by atoms with E-state index in [1.54, 1.807) is 0 Å². The molecule has 19 heavy (non-hydrogen) atoms. The van der Waals surface area contributed by atoms with E-state index in [9.17, 15) is 8.42 Å². The maximum Gasteiger partial charge on any atom is 0.243 e. The third-order valence-electron chi connectivity index (χ3n) is 3.30. The molecule has 1 fully saturated rings. The van der Waals surface area contributed by atoms with E-state index in [-0.39, 0.29) is 9.72 Å². The molecule has 1 aliphatic heterocycles. The Hall–Kier alpha value is 0.190. The normalized spacial score (nSPS) is 25.5. The van der Waals surface area contributed by atoms with Gasteiger partial charge in [0.2, 0.25) is 10.0 Å². The van der Waals surface area contributed by atoms with E-state index in [1.807, 2.05) is 0 Å². The molecule has 0 aliphatic carbocycles. The van der Waals surface area contributed by atoms with Crippen molar-refractivity contribution in [2.75, 3.05) is 13.1 Å². The van der Waals surface area contributed by atoms with Crippen molar-refractivity contribution >= 4 is 49.2 Å². The number of piperidine rings is 1. The van der Waals surface area contributed by atoms with Gasteiger partial charge in [-0.25, -0.2) is 8.42 Å². The van der Waals surface area contributed by atoms with Gasteiger partial charge < -0.3 is 0 Å². The summed E-state index contributed by atoms with van der Waals surface area (Å²) in [5.41, 5.74) is 0. The van der Waals surface area contributed by atoms with Gasteiger partial charge >= 0.3 is 0 Å². The highest BCUT2D eigenvalue weighted by atomic mass is 79.9. The van der Waals surface area contributed by atoms with Gasteiger partial charge in [-0.15, -0.1) is 0 Å². The SMILES string of the molecule is CC1CCN(S(=O)(=O)c2cc(Cl)cc(Cl)c2)CC1Br. The number of hydrogen-bond donors (Lipinski definition) is 0. The third-order valence-corrected chi connectivity index (χ3v) is 6.77. The molecule has 3 nitrogen and oxygen atoms in total. The highest BCUT2D eigenvalue weighted by Crippen LogP contribution is 2.30. The number of halogens is 3. The van der Waals surface area contributed by atoms with Crippen LogP contribution in [0, 0.1) is 5.92 Å². The van der Waals surface area contributed by atoms with Crippen LogP contribution in [0.1, 0.15) is 13.3 Å². The molecule has 1 aromatic carbocycles. The van der Waals surface area contributed by atoms with E-state index in [1.165, 1.54) is 22.5 Å². The number of sulfonamides is 1. The van der Waals surface area contributed by atoms with Gasteiger partial charge in [-0.05, 0) is 30.5 Å². The molecular weight excluding hydrogens is 373 g/mol. The molecule has 2 unspecified atom stereocenters. The van der Waals surface area contributed by atoms with Crippen molar-refractivity contribution < 1.29 is 8.42 Å². The van der Waals surface area contributed by atoms with Crippen LogP contribution in [-0.4, -0.2) is 30.6 Å². The van der Waals surface area contributed by atoms with E-state index in [4.69, 9.17) is 23.2 Å². The summed E-state index contributed by atoms with van der Waals surface area (Å²) in [4.78, 5) is 0.324. The van der Waals surface area contributed by atoms with Gasteiger partial charge in [-0.3, -0.25) is 0 Å². The lowest BCUT2D eigenvalue weighted by molar-refractivity contribution is 0.300. The van der Waals surface area contributed by atoms with E-state index in [0.717, 1.165) is 6.42 Å². The average Bonchev–Trinajstić information content (AvgIpc) is 2.31. The van der Waals surface area contributed by atoms with Crippen molar-refractivity contribution in [1.29, 1.82) is 0 Å². The second-order valence-corrected chi connectivity index (χ2v) is 8.74. The summed E-state index contributed by atoms with van der Waals surface area (Å²) in [6.07, 6.45) is 0.837. The van der Waals surface area contributed by atoms with Gasteiger partial charge in [0, 0.05) is 28.0 Å². The highest BCUT2D eigenvalue weighted by molar-refractivity contribution is 9.09. The highest BCUT2D eigenvalue weighted by Gasteiger charge is 2.32. The molecular formula is C12H14BrCl2NO2S. The van der Waals surface area contributed by atoms with Gasteiger partial charge in [0.1, 0.15) is 0 Å².